The van der Waals surface area contributed by atoms with E-state index in [0.717, 1.165) is 68.8 Å². The SMILES string of the molecule is CC1(C)CC(C)(C)C1NC(=O)c1ccc(N2CCN(CCCCCOc3ccc(=N)n(C(=O)NC4CCC(=O)NC4=O)c3)CC2)nc1. The number of imide groups is 1. The van der Waals surface area contributed by atoms with Gasteiger partial charge < -0.3 is 20.3 Å². The fourth-order valence-corrected chi connectivity index (χ4v) is 7.41. The number of piperidine rings is 1. The molecule has 0 bridgehead atoms. The largest absolute Gasteiger partial charge is 0.492 e. The Hall–Kier alpha value is -4.26. The van der Waals surface area contributed by atoms with Crippen molar-refractivity contribution in [3.8, 4) is 5.75 Å². The van der Waals surface area contributed by atoms with E-state index in [4.69, 9.17) is 10.1 Å². The second-order valence-corrected chi connectivity index (χ2v) is 14.3. The number of amides is 4. The quantitative estimate of drug-likeness (QED) is 0.214. The molecule has 4 amide bonds. The van der Waals surface area contributed by atoms with Crippen LogP contribution in [0.25, 0.3) is 0 Å². The lowest BCUT2D eigenvalue weighted by atomic mass is 9.52. The average Bonchev–Trinajstić information content (AvgIpc) is 3.03. The Bertz CT molecular complexity index is 1510. The number of hydrogen-bond donors (Lipinski definition) is 4. The molecule has 1 saturated carbocycles. The highest BCUT2D eigenvalue weighted by Gasteiger charge is 2.53. The van der Waals surface area contributed by atoms with Crippen LogP contribution in [-0.4, -0.2) is 89.6 Å². The van der Waals surface area contributed by atoms with Crippen molar-refractivity contribution in [1.82, 2.24) is 30.4 Å². The molecule has 0 radical (unpaired) electrons. The van der Waals surface area contributed by atoms with Crippen LogP contribution < -0.4 is 31.1 Å². The summed E-state index contributed by atoms with van der Waals surface area (Å²) in [5.74, 6) is 0.398. The topological polar surface area (TPSA) is 162 Å². The van der Waals surface area contributed by atoms with Gasteiger partial charge in [-0.05, 0) is 73.7 Å². The number of nitrogens with zero attached hydrogens (tertiary/aromatic N) is 4. The van der Waals surface area contributed by atoms with Crippen LogP contribution in [-0.2, 0) is 9.59 Å². The predicted octanol–water partition coefficient (Wildman–Crippen LogP) is 2.65. The van der Waals surface area contributed by atoms with Gasteiger partial charge >= 0.3 is 6.03 Å². The molecule has 13 nitrogen and oxygen atoms in total. The Morgan fingerprint density at radius 2 is 1.74 bits per heavy atom. The highest BCUT2D eigenvalue weighted by atomic mass is 16.5. The molecule has 47 heavy (non-hydrogen) atoms. The van der Waals surface area contributed by atoms with Crippen LogP contribution in [0.3, 0.4) is 0 Å². The number of aromatic nitrogens is 2. The lowest BCUT2D eigenvalue weighted by Gasteiger charge is -2.57. The van der Waals surface area contributed by atoms with Crippen molar-refractivity contribution in [3.63, 3.8) is 0 Å². The molecule has 0 aromatic carbocycles. The Balaban J connectivity index is 0.976. The van der Waals surface area contributed by atoms with E-state index in [9.17, 15) is 19.2 Å². The van der Waals surface area contributed by atoms with Crippen LogP contribution in [0.5, 0.6) is 5.75 Å². The second kappa shape index (κ2) is 14.2. The number of nitrogens with one attached hydrogen (secondary N) is 4. The smallest absolute Gasteiger partial charge is 0.327 e. The van der Waals surface area contributed by atoms with Gasteiger partial charge in [0.05, 0.1) is 18.4 Å². The summed E-state index contributed by atoms with van der Waals surface area (Å²) in [5, 5.41) is 16.1. The van der Waals surface area contributed by atoms with Crippen LogP contribution in [0.2, 0.25) is 0 Å². The summed E-state index contributed by atoms with van der Waals surface area (Å²) in [4.78, 5) is 58.2. The van der Waals surface area contributed by atoms with E-state index in [2.05, 4.69) is 58.4 Å². The predicted molar refractivity (Wildman–Crippen MR) is 176 cm³/mol. The van der Waals surface area contributed by atoms with Gasteiger partial charge in [-0.1, -0.05) is 27.7 Å². The third-order valence-electron chi connectivity index (χ3n) is 9.52. The van der Waals surface area contributed by atoms with E-state index < -0.39 is 18.0 Å². The van der Waals surface area contributed by atoms with Crippen molar-refractivity contribution in [2.45, 2.75) is 78.3 Å². The molecule has 0 spiro atoms. The fraction of sp³-hybridized carbons (Fsp3) is 0.588. The first-order valence-corrected chi connectivity index (χ1v) is 16.6. The van der Waals surface area contributed by atoms with Crippen LogP contribution in [0.1, 0.15) is 76.6 Å². The molecule has 2 aromatic rings. The molecule has 3 aliphatic rings. The Labute approximate surface area is 275 Å². The molecule has 1 atom stereocenters. The summed E-state index contributed by atoms with van der Waals surface area (Å²) in [6.07, 6.45) is 7.48. The van der Waals surface area contributed by atoms with Crippen LogP contribution in [0.4, 0.5) is 10.6 Å². The maximum atomic E-state index is 12.9. The Morgan fingerprint density at radius 1 is 1.00 bits per heavy atom. The van der Waals surface area contributed by atoms with E-state index in [1.807, 2.05) is 12.1 Å². The highest BCUT2D eigenvalue weighted by Crippen LogP contribution is 2.53. The summed E-state index contributed by atoms with van der Waals surface area (Å²) < 4.78 is 6.93. The third-order valence-corrected chi connectivity index (χ3v) is 9.52. The lowest BCUT2D eigenvalue weighted by Crippen LogP contribution is -2.63. The van der Waals surface area contributed by atoms with Crippen molar-refractivity contribution < 1.29 is 23.9 Å². The Morgan fingerprint density at radius 3 is 2.40 bits per heavy atom. The zero-order valence-corrected chi connectivity index (χ0v) is 27.9. The molecule has 4 N–H and O–H groups in total. The highest BCUT2D eigenvalue weighted by molar-refractivity contribution is 6.01. The third kappa shape index (κ3) is 8.37. The van der Waals surface area contributed by atoms with E-state index in [1.54, 1.807) is 12.3 Å². The average molecular weight is 649 g/mol. The minimum absolute atomic E-state index is 0.0463. The van der Waals surface area contributed by atoms with E-state index >= 15 is 0 Å². The van der Waals surface area contributed by atoms with Crippen molar-refractivity contribution in [3.05, 3.63) is 47.7 Å². The Kier molecular flexibility index (Phi) is 10.3. The van der Waals surface area contributed by atoms with Gasteiger partial charge in [-0.25, -0.2) is 9.78 Å². The van der Waals surface area contributed by atoms with Crippen molar-refractivity contribution in [2.24, 2.45) is 10.8 Å². The standard InChI is InChI=1S/C34H48N8O5/c1-33(2)22-34(3,4)31(33)39-29(44)23-8-12-27(36-20-23)41-17-15-40(16-18-41)14-6-5-7-19-47-24-9-11-26(35)42(21-24)32(46)37-25-10-13-28(43)38-30(25)45/h8-9,11-12,20-21,25,31,35H,5-7,10,13-19,22H2,1-4H3,(H,37,46)(H,39,44)(H,38,43,45). The summed E-state index contributed by atoms with van der Waals surface area (Å²) in [7, 11) is 0. The minimum atomic E-state index is -0.820. The molecule has 4 heterocycles. The molecule has 3 fully saturated rings. The van der Waals surface area contributed by atoms with Gasteiger partial charge in [-0.15, -0.1) is 0 Å². The fourth-order valence-electron chi connectivity index (χ4n) is 7.41. The van der Waals surface area contributed by atoms with Crippen molar-refractivity contribution >= 4 is 29.6 Å². The monoisotopic (exact) mass is 648 g/mol. The molecule has 2 saturated heterocycles. The zero-order chi connectivity index (χ0) is 33.8. The summed E-state index contributed by atoms with van der Waals surface area (Å²) >= 11 is 0. The first kappa shape index (κ1) is 34.1. The normalized spacial score (nSPS) is 21.0. The van der Waals surface area contributed by atoms with Crippen LogP contribution in [0.15, 0.2) is 36.7 Å². The number of anilines is 1. The summed E-state index contributed by atoms with van der Waals surface area (Å²) in [6.45, 7) is 14.0. The van der Waals surface area contributed by atoms with Gasteiger partial charge in [0.2, 0.25) is 11.8 Å². The number of carbonyl (C=O) groups excluding carboxylic acids is 4. The van der Waals surface area contributed by atoms with E-state index in [-0.39, 0.29) is 47.0 Å². The number of hydrogen-bond acceptors (Lipinski definition) is 9. The molecular formula is C34H48N8O5. The van der Waals surface area contributed by atoms with Crippen molar-refractivity contribution in [2.75, 3.05) is 44.2 Å². The zero-order valence-electron chi connectivity index (χ0n) is 27.9. The lowest BCUT2D eigenvalue weighted by molar-refractivity contribution is -0.134. The number of piperazine rings is 1. The van der Waals surface area contributed by atoms with Gasteiger partial charge in [0.1, 0.15) is 23.1 Å². The molecule has 13 heteroatoms. The molecule has 2 aromatic heterocycles. The van der Waals surface area contributed by atoms with E-state index in [0.29, 0.717) is 17.9 Å². The number of ether oxygens (including phenoxy) is 1. The number of rotatable bonds is 11. The van der Waals surface area contributed by atoms with Gasteiger partial charge in [0.25, 0.3) is 5.91 Å². The molecule has 1 unspecified atom stereocenters. The van der Waals surface area contributed by atoms with Gasteiger partial charge in [0, 0.05) is 44.8 Å². The maximum Gasteiger partial charge on any atom is 0.327 e. The summed E-state index contributed by atoms with van der Waals surface area (Å²) in [6, 6.07) is 5.64. The molecule has 2 aliphatic heterocycles. The van der Waals surface area contributed by atoms with Gasteiger partial charge in [-0.3, -0.25) is 34.6 Å². The first-order chi connectivity index (χ1) is 22.3. The summed E-state index contributed by atoms with van der Waals surface area (Å²) in [5.41, 5.74) is 0.750. The maximum absolute atomic E-state index is 12.9. The molecule has 5 rings (SSSR count). The van der Waals surface area contributed by atoms with Gasteiger partial charge in [0.15, 0.2) is 0 Å². The molecular weight excluding hydrogens is 600 g/mol. The number of carbonyl (C=O) groups is 4. The molecule has 254 valence electrons. The minimum Gasteiger partial charge on any atom is -0.492 e. The molecule has 1 aliphatic carbocycles. The van der Waals surface area contributed by atoms with Crippen molar-refractivity contribution in [1.29, 1.82) is 5.41 Å². The van der Waals surface area contributed by atoms with Crippen LogP contribution in [0, 0.1) is 16.2 Å². The van der Waals surface area contributed by atoms with Crippen LogP contribution >= 0.6 is 0 Å². The van der Waals surface area contributed by atoms with Gasteiger partial charge in [-0.2, -0.15) is 0 Å². The first-order valence-electron chi connectivity index (χ1n) is 16.6. The number of pyridine rings is 2. The number of unbranched alkanes of at least 4 members (excludes halogenated alkanes) is 2. The van der Waals surface area contributed by atoms with E-state index in [1.165, 1.54) is 12.3 Å². The second-order valence-electron chi connectivity index (χ2n) is 14.3.